The smallest absolute Gasteiger partial charge is 0.223 e. The third-order valence-corrected chi connectivity index (χ3v) is 8.09. The van der Waals surface area contributed by atoms with Gasteiger partial charge in [0.05, 0.1) is 11.8 Å². The minimum atomic E-state index is -3.28. The summed E-state index contributed by atoms with van der Waals surface area (Å²) in [4.78, 5) is 12.8. The van der Waals surface area contributed by atoms with E-state index >= 15 is 0 Å². The van der Waals surface area contributed by atoms with Crippen molar-refractivity contribution in [2.45, 2.75) is 52.0 Å². The summed E-state index contributed by atoms with van der Waals surface area (Å²) in [6, 6.07) is 18.2. The van der Waals surface area contributed by atoms with Crippen molar-refractivity contribution in [3.05, 3.63) is 71.3 Å². The molecule has 0 bridgehead atoms. The lowest BCUT2D eigenvalue weighted by Gasteiger charge is -2.31. The lowest BCUT2D eigenvalue weighted by Crippen LogP contribution is -2.44. The van der Waals surface area contributed by atoms with E-state index in [0.717, 1.165) is 24.0 Å². The Bertz CT molecular complexity index is 934. The molecule has 2 aromatic rings. The van der Waals surface area contributed by atoms with Crippen molar-refractivity contribution in [3.8, 4) is 0 Å². The molecule has 1 N–H and O–H groups in total. The Morgan fingerprint density at radius 2 is 1.71 bits per heavy atom. The molecule has 1 aliphatic rings. The highest BCUT2D eigenvalue weighted by Crippen LogP contribution is 2.23. The molecule has 1 amide bonds. The van der Waals surface area contributed by atoms with Crippen molar-refractivity contribution in [1.29, 1.82) is 0 Å². The van der Waals surface area contributed by atoms with Crippen molar-refractivity contribution >= 4 is 15.9 Å². The van der Waals surface area contributed by atoms with E-state index < -0.39 is 10.0 Å². The summed E-state index contributed by atoms with van der Waals surface area (Å²) >= 11 is 0. The largest absolute Gasteiger partial charge is 0.349 e. The third kappa shape index (κ3) is 6.65. The van der Waals surface area contributed by atoms with Crippen molar-refractivity contribution < 1.29 is 13.2 Å². The van der Waals surface area contributed by atoms with E-state index in [0.29, 0.717) is 32.4 Å². The molecule has 168 valence electrons. The lowest BCUT2D eigenvalue weighted by molar-refractivity contribution is -0.126. The molecular weight excluding hydrogens is 408 g/mol. The number of carbonyl (C=O) groups is 1. The summed E-state index contributed by atoms with van der Waals surface area (Å²) in [7, 11) is -3.28. The van der Waals surface area contributed by atoms with Gasteiger partial charge in [-0.2, -0.15) is 0 Å². The number of sulfonamides is 1. The zero-order valence-electron chi connectivity index (χ0n) is 18.6. The Labute approximate surface area is 186 Å². The van der Waals surface area contributed by atoms with E-state index in [4.69, 9.17) is 0 Å². The van der Waals surface area contributed by atoms with Crippen LogP contribution in [-0.2, 0) is 21.2 Å². The topological polar surface area (TPSA) is 66.5 Å². The first kappa shape index (κ1) is 23.5. The van der Waals surface area contributed by atoms with Crippen LogP contribution < -0.4 is 5.32 Å². The molecule has 0 aromatic heterocycles. The molecule has 2 aromatic carbocycles. The predicted molar refractivity (Wildman–Crippen MR) is 125 cm³/mol. The van der Waals surface area contributed by atoms with Crippen LogP contribution in [0.25, 0.3) is 0 Å². The summed E-state index contributed by atoms with van der Waals surface area (Å²) in [5.74, 6) is 0.0631. The highest BCUT2D eigenvalue weighted by Gasteiger charge is 2.31. The number of benzene rings is 2. The highest BCUT2D eigenvalue weighted by molar-refractivity contribution is 7.89. The Hall–Kier alpha value is -2.18. The minimum absolute atomic E-state index is 0.00662. The minimum Gasteiger partial charge on any atom is -0.349 e. The van der Waals surface area contributed by atoms with Gasteiger partial charge in [-0.25, -0.2) is 12.7 Å². The molecule has 1 saturated heterocycles. The molecular formula is C25H34N2O3S. The van der Waals surface area contributed by atoms with Gasteiger partial charge in [-0.15, -0.1) is 0 Å². The quantitative estimate of drug-likeness (QED) is 0.632. The fourth-order valence-corrected chi connectivity index (χ4v) is 5.67. The number of piperidine rings is 1. The number of aryl methyl sites for hydroxylation is 2. The maximum Gasteiger partial charge on any atom is 0.223 e. The van der Waals surface area contributed by atoms with Gasteiger partial charge in [-0.1, -0.05) is 67.1 Å². The van der Waals surface area contributed by atoms with E-state index in [1.165, 1.54) is 5.56 Å². The summed E-state index contributed by atoms with van der Waals surface area (Å²) in [5, 5.41) is 3.17. The number of hydrogen-bond acceptors (Lipinski definition) is 3. The normalized spacial score (nSPS) is 16.7. The third-order valence-electron chi connectivity index (χ3n) is 6.13. The average Bonchev–Trinajstić information content (AvgIpc) is 2.78. The van der Waals surface area contributed by atoms with Gasteiger partial charge in [0.1, 0.15) is 0 Å². The van der Waals surface area contributed by atoms with Gasteiger partial charge < -0.3 is 5.32 Å². The number of hydrogen-bond donors (Lipinski definition) is 1. The average molecular weight is 443 g/mol. The summed E-state index contributed by atoms with van der Waals surface area (Å²) in [5.41, 5.74) is 3.47. The Kier molecular flexibility index (Phi) is 8.27. The molecule has 0 aliphatic carbocycles. The number of rotatable bonds is 9. The van der Waals surface area contributed by atoms with E-state index in [-0.39, 0.29) is 23.6 Å². The Balaban J connectivity index is 1.47. The molecule has 1 unspecified atom stereocenters. The molecule has 5 nitrogen and oxygen atoms in total. The van der Waals surface area contributed by atoms with Crippen LogP contribution in [-0.4, -0.2) is 37.5 Å². The van der Waals surface area contributed by atoms with Gasteiger partial charge in [0.2, 0.25) is 15.9 Å². The molecule has 31 heavy (non-hydrogen) atoms. The molecule has 0 radical (unpaired) electrons. The van der Waals surface area contributed by atoms with E-state index in [9.17, 15) is 13.2 Å². The molecule has 1 atom stereocenters. The maximum absolute atomic E-state index is 12.8. The van der Waals surface area contributed by atoms with Crippen molar-refractivity contribution in [2.24, 2.45) is 5.92 Å². The summed E-state index contributed by atoms with van der Waals surface area (Å²) < 4.78 is 27.0. The fourth-order valence-electron chi connectivity index (χ4n) is 4.14. The van der Waals surface area contributed by atoms with Crippen LogP contribution in [0.5, 0.6) is 0 Å². The van der Waals surface area contributed by atoms with Gasteiger partial charge >= 0.3 is 0 Å². The van der Waals surface area contributed by atoms with Crippen LogP contribution in [0.3, 0.4) is 0 Å². The van der Waals surface area contributed by atoms with Gasteiger partial charge in [-0.3, -0.25) is 4.79 Å². The SMILES string of the molecule is CCC(NC(=O)C1CCN(S(=O)(=O)CCCc2ccccc2)CC1)c1ccc(C)cc1. The van der Waals surface area contributed by atoms with Gasteiger partial charge in [0, 0.05) is 19.0 Å². The van der Waals surface area contributed by atoms with E-state index in [1.807, 2.05) is 37.3 Å². The lowest BCUT2D eigenvalue weighted by atomic mass is 9.95. The van der Waals surface area contributed by atoms with Crippen molar-refractivity contribution in [1.82, 2.24) is 9.62 Å². The zero-order valence-corrected chi connectivity index (χ0v) is 19.4. The first-order valence-electron chi connectivity index (χ1n) is 11.3. The molecule has 6 heteroatoms. The molecule has 0 spiro atoms. The van der Waals surface area contributed by atoms with Crippen LogP contribution in [0.2, 0.25) is 0 Å². The molecule has 1 fully saturated rings. The molecule has 0 saturated carbocycles. The second kappa shape index (κ2) is 10.9. The van der Waals surface area contributed by atoms with Crippen LogP contribution in [0.15, 0.2) is 54.6 Å². The Morgan fingerprint density at radius 1 is 1.06 bits per heavy atom. The molecule has 1 aliphatic heterocycles. The highest BCUT2D eigenvalue weighted by atomic mass is 32.2. The van der Waals surface area contributed by atoms with Gasteiger partial charge in [-0.05, 0) is 50.2 Å². The fraction of sp³-hybridized carbons (Fsp3) is 0.480. The van der Waals surface area contributed by atoms with Crippen LogP contribution in [0, 0.1) is 12.8 Å². The first-order chi connectivity index (χ1) is 14.9. The van der Waals surface area contributed by atoms with E-state index in [2.05, 4.69) is 36.5 Å². The molecule has 1 heterocycles. The van der Waals surface area contributed by atoms with Crippen LogP contribution >= 0.6 is 0 Å². The maximum atomic E-state index is 12.8. The van der Waals surface area contributed by atoms with Gasteiger partial charge in [0.25, 0.3) is 0 Å². The second-order valence-corrected chi connectivity index (χ2v) is 10.5. The number of carbonyl (C=O) groups excluding carboxylic acids is 1. The van der Waals surface area contributed by atoms with E-state index in [1.54, 1.807) is 4.31 Å². The van der Waals surface area contributed by atoms with Crippen molar-refractivity contribution in [3.63, 3.8) is 0 Å². The second-order valence-electron chi connectivity index (χ2n) is 8.46. The number of nitrogens with one attached hydrogen (secondary N) is 1. The Morgan fingerprint density at radius 3 is 2.32 bits per heavy atom. The number of nitrogens with zero attached hydrogens (tertiary/aromatic N) is 1. The zero-order chi connectivity index (χ0) is 22.3. The molecule has 3 rings (SSSR count). The summed E-state index contributed by atoms with van der Waals surface area (Å²) in [6.07, 6.45) is 3.35. The summed E-state index contributed by atoms with van der Waals surface area (Å²) in [6.45, 7) is 4.96. The van der Waals surface area contributed by atoms with Crippen LogP contribution in [0.1, 0.15) is 55.3 Å². The first-order valence-corrected chi connectivity index (χ1v) is 12.9. The predicted octanol–water partition coefficient (Wildman–Crippen LogP) is 4.24. The van der Waals surface area contributed by atoms with Gasteiger partial charge in [0.15, 0.2) is 0 Å². The monoisotopic (exact) mass is 442 g/mol. The van der Waals surface area contributed by atoms with Crippen molar-refractivity contribution in [2.75, 3.05) is 18.8 Å². The van der Waals surface area contributed by atoms with Crippen LogP contribution in [0.4, 0.5) is 0 Å². The standard InChI is InChI=1S/C25H34N2O3S/c1-3-24(22-13-11-20(2)12-14-22)26-25(28)23-15-17-27(18-16-23)31(29,30)19-7-10-21-8-5-4-6-9-21/h4-6,8-9,11-14,23-24H,3,7,10,15-19H2,1-2H3,(H,26,28). The number of amides is 1.